The second-order valence-corrected chi connectivity index (χ2v) is 10.9. The molecule has 0 aliphatic carbocycles. The first-order valence-electron chi connectivity index (χ1n) is 14.8. The van der Waals surface area contributed by atoms with Crippen LogP contribution in [0.4, 0.5) is 0 Å². The van der Waals surface area contributed by atoms with E-state index >= 15 is 0 Å². The topological polar surface area (TPSA) is 37.7 Å². The van der Waals surface area contributed by atoms with Gasteiger partial charge in [-0.05, 0) is 48.4 Å². The van der Waals surface area contributed by atoms with E-state index in [4.69, 9.17) is 4.74 Å². The Hall–Kier alpha value is -4.61. The van der Waals surface area contributed by atoms with Crippen LogP contribution in [0, 0.1) is 6.92 Å². The average molecular weight is 556 g/mol. The summed E-state index contributed by atoms with van der Waals surface area (Å²) in [6.07, 6.45) is 0.755. The molecule has 1 unspecified atom stereocenters. The Kier molecular flexibility index (Phi) is 8.48. The zero-order valence-electron chi connectivity index (χ0n) is 24.1. The highest BCUT2D eigenvalue weighted by molar-refractivity contribution is 6.01. The molecule has 4 aromatic carbocycles. The third kappa shape index (κ3) is 6.17. The Morgan fingerprint density at radius 3 is 2.10 bits per heavy atom. The zero-order valence-corrected chi connectivity index (χ0v) is 24.1. The maximum absolute atomic E-state index is 14.6. The summed E-state index contributed by atoms with van der Waals surface area (Å²) in [7, 11) is 0. The third-order valence-electron chi connectivity index (χ3n) is 8.02. The number of hydrogen-bond acceptors (Lipinski definition) is 3. The van der Waals surface area contributed by atoms with Crippen molar-refractivity contribution in [2.24, 2.45) is 0 Å². The highest BCUT2D eigenvalue weighted by Crippen LogP contribution is 2.33. The number of amides is 1. The maximum atomic E-state index is 14.6. The molecule has 212 valence electrons. The maximum Gasteiger partial charge on any atom is 0.256 e. The van der Waals surface area contributed by atoms with Crippen LogP contribution in [0.5, 0.6) is 5.75 Å². The SMILES string of the molecule is Cc1cc(C(=O)N2CCN(Cc3ccccc3)CC2CCOc2ccccc2)c(-c2ccccc2)n1-c1ccccc1. The van der Waals surface area contributed by atoms with Gasteiger partial charge in [0.25, 0.3) is 5.91 Å². The molecule has 1 aliphatic rings. The molecule has 0 radical (unpaired) electrons. The van der Waals surface area contributed by atoms with E-state index in [0.29, 0.717) is 13.2 Å². The van der Waals surface area contributed by atoms with Crippen LogP contribution < -0.4 is 4.74 Å². The summed E-state index contributed by atoms with van der Waals surface area (Å²) in [6, 6.07) is 43.2. The quantitative estimate of drug-likeness (QED) is 0.192. The fraction of sp³-hybridized carbons (Fsp3) is 0.216. The van der Waals surface area contributed by atoms with Gasteiger partial charge < -0.3 is 14.2 Å². The van der Waals surface area contributed by atoms with E-state index in [0.717, 1.165) is 60.0 Å². The van der Waals surface area contributed by atoms with Crippen molar-refractivity contribution in [1.82, 2.24) is 14.4 Å². The molecule has 6 rings (SSSR count). The van der Waals surface area contributed by atoms with Crippen molar-refractivity contribution in [1.29, 1.82) is 0 Å². The molecule has 1 amide bonds. The van der Waals surface area contributed by atoms with Gasteiger partial charge in [-0.1, -0.05) is 97.1 Å². The number of carbonyl (C=O) groups is 1. The Morgan fingerprint density at radius 1 is 0.786 bits per heavy atom. The Bertz CT molecular complexity index is 1580. The smallest absolute Gasteiger partial charge is 0.256 e. The van der Waals surface area contributed by atoms with Crippen molar-refractivity contribution < 1.29 is 9.53 Å². The highest BCUT2D eigenvalue weighted by atomic mass is 16.5. The summed E-state index contributed by atoms with van der Waals surface area (Å²) in [6.45, 7) is 5.81. The molecule has 0 bridgehead atoms. The van der Waals surface area contributed by atoms with E-state index in [-0.39, 0.29) is 11.9 Å². The lowest BCUT2D eigenvalue weighted by atomic mass is 10.0. The van der Waals surface area contributed by atoms with Gasteiger partial charge in [-0.15, -0.1) is 0 Å². The zero-order chi connectivity index (χ0) is 28.7. The van der Waals surface area contributed by atoms with E-state index in [2.05, 4.69) is 82.0 Å². The van der Waals surface area contributed by atoms with Crippen LogP contribution in [-0.2, 0) is 6.54 Å². The summed E-state index contributed by atoms with van der Waals surface area (Å²) in [5, 5.41) is 0. The standard InChI is InChI=1S/C37H37N3O2/c1-29-26-35(36(31-16-8-3-9-17-31)40(29)32-18-10-4-11-19-32)37(41)39-24-23-38(27-30-14-6-2-7-15-30)28-33(39)22-25-42-34-20-12-5-13-21-34/h2-21,26,33H,22-25,27-28H2,1H3. The molecule has 5 aromatic rings. The number of aryl methyl sites for hydroxylation is 1. The minimum absolute atomic E-state index is 0.0303. The van der Waals surface area contributed by atoms with Crippen molar-refractivity contribution in [3.05, 3.63) is 144 Å². The number of ether oxygens (including phenoxy) is 1. The molecule has 0 spiro atoms. The third-order valence-corrected chi connectivity index (χ3v) is 8.02. The van der Waals surface area contributed by atoms with Crippen LogP contribution in [0.25, 0.3) is 16.9 Å². The monoisotopic (exact) mass is 555 g/mol. The fourth-order valence-electron chi connectivity index (χ4n) is 6.00. The van der Waals surface area contributed by atoms with Gasteiger partial charge in [0.15, 0.2) is 0 Å². The molecule has 1 saturated heterocycles. The number of carbonyl (C=O) groups excluding carboxylic acids is 1. The summed E-state index contributed by atoms with van der Waals surface area (Å²) in [5.74, 6) is 0.935. The summed E-state index contributed by atoms with van der Waals surface area (Å²) in [5.41, 5.74) is 6.09. The van der Waals surface area contributed by atoms with Crippen LogP contribution in [0.15, 0.2) is 127 Å². The van der Waals surface area contributed by atoms with Gasteiger partial charge in [-0.25, -0.2) is 0 Å². The van der Waals surface area contributed by atoms with Crippen molar-refractivity contribution in [2.75, 3.05) is 26.2 Å². The van der Waals surface area contributed by atoms with Gasteiger partial charge in [0.1, 0.15) is 5.75 Å². The molecule has 0 saturated carbocycles. The lowest BCUT2D eigenvalue weighted by molar-refractivity contribution is 0.0389. The van der Waals surface area contributed by atoms with E-state index in [1.807, 2.05) is 66.7 Å². The van der Waals surface area contributed by atoms with Crippen molar-refractivity contribution in [2.45, 2.75) is 25.9 Å². The minimum Gasteiger partial charge on any atom is -0.494 e. The molecule has 1 aliphatic heterocycles. The number of rotatable bonds is 9. The molecule has 5 heteroatoms. The second kappa shape index (κ2) is 12.9. The molecular formula is C37H37N3O2. The number of para-hydroxylation sites is 2. The summed E-state index contributed by atoms with van der Waals surface area (Å²) in [4.78, 5) is 19.1. The van der Waals surface area contributed by atoms with Gasteiger partial charge >= 0.3 is 0 Å². The predicted octanol–water partition coefficient (Wildman–Crippen LogP) is 7.25. The highest BCUT2D eigenvalue weighted by Gasteiger charge is 2.33. The first kappa shape index (κ1) is 27.6. The van der Waals surface area contributed by atoms with E-state index < -0.39 is 0 Å². The normalized spacial score (nSPS) is 15.5. The Balaban J connectivity index is 1.31. The Labute approximate surface area is 248 Å². The molecule has 42 heavy (non-hydrogen) atoms. The lowest BCUT2D eigenvalue weighted by Gasteiger charge is -2.41. The number of aromatic nitrogens is 1. The predicted molar refractivity (Wildman–Crippen MR) is 169 cm³/mol. The second-order valence-electron chi connectivity index (χ2n) is 10.9. The van der Waals surface area contributed by atoms with Crippen molar-refractivity contribution >= 4 is 5.91 Å². The first-order valence-corrected chi connectivity index (χ1v) is 14.8. The van der Waals surface area contributed by atoms with Crippen LogP contribution >= 0.6 is 0 Å². The summed E-state index contributed by atoms with van der Waals surface area (Å²) >= 11 is 0. The molecule has 2 heterocycles. The van der Waals surface area contributed by atoms with Crippen molar-refractivity contribution in [3.8, 4) is 22.7 Å². The van der Waals surface area contributed by atoms with Crippen LogP contribution in [0.3, 0.4) is 0 Å². The number of hydrogen-bond donors (Lipinski definition) is 0. The van der Waals surface area contributed by atoms with Gasteiger partial charge in [0, 0.05) is 50.0 Å². The Morgan fingerprint density at radius 2 is 1.40 bits per heavy atom. The molecule has 1 atom stereocenters. The average Bonchev–Trinajstić information content (AvgIpc) is 3.39. The number of piperazine rings is 1. The number of nitrogens with zero attached hydrogens (tertiary/aromatic N) is 3. The fourth-order valence-corrected chi connectivity index (χ4v) is 6.00. The largest absolute Gasteiger partial charge is 0.494 e. The van der Waals surface area contributed by atoms with Crippen LogP contribution in [0.1, 0.15) is 28.0 Å². The van der Waals surface area contributed by atoms with Gasteiger partial charge in [0.05, 0.1) is 17.9 Å². The molecule has 5 nitrogen and oxygen atoms in total. The number of benzene rings is 4. The summed E-state index contributed by atoms with van der Waals surface area (Å²) < 4.78 is 8.32. The molecule has 1 fully saturated rings. The first-order chi connectivity index (χ1) is 20.7. The van der Waals surface area contributed by atoms with Gasteiger partial charge in [-0.3, -0.25) is 9.69 Å². The minimum atomic E-state index is 0.0303. The lowest BCUT2D eigenvalue weighted by Crippen LogP contribution is -2.55. The van der Waals surface area contributed by atoms with Crippen LogP contribution in [0.2, 0.25) is 0 Å². The molecule has 0 N–H and O–H groups in total. The molecule has 1 aromatic heterocycles. The van der Waals surface area contributed by atoms with Gasteiger partial charge in [-0.2, -0.15) is 0 Å². The van der Waals surface area contributed by atoms with E-state index in [1.165, 1.54) is 5.56 Å². The van der Waals surface area contributed by atoms with E-state index in [9.17, 15) is 4.79 Å². The van der Waals surface area contributed by atoms with Crippen LogP contribution in [-0.4, -0.2) is 52.6 Å². The van der Waals surface area contributed by atoms with E-state index in [1.54, 1.807) is 0 Å². The molecular weight excluding hydrogens is 518 g/mol. The van der Waals surface area contributed by atoms with Crippen molar-refractivity contribution in [3.63, 3.8) is 0 Å². The van der Waals surface area contributed by atoms with Gasteiger partial charge in [0.2, 0.25) is 0 Å².